The Bertz CT molecular complexity index is 444. The molecule has 1 saturated heterocycles. The molecular formula is C15H22BrFN2O. The van der Waals surface area contributed by atoms with Gasteiger partial charge in [0.25, 0.3) is 0 Å². The highest BCUT2D eigenvalue weighted by Gasteiger charge is 2.28. The molecule has 1 heterocycles. The molecule has 5 heteroatoms. The number of hydrogen-bond donors (Lipinski definition) is 1. The maximum atomic E-state index is 13.4. The third kappa shape index (κ3) is 3.79. The van der Waals surface area contributed by atoms with Gasteiger partial charge in [-0.05, 0) is 53.0 Å². The first-order chi connectivity index (χ1) is 9.63. The first kappa shape index (κ1) is 15.9. The van der Waals surface area contributed by atoms with Crippen LogP contribution in [0.5, 0.6) is 0 Å². The third-order valence-corrected chi connectivity index (χ3v) is 4.51. The summed E-state index contributed by atoms with van der Waals surface area (Å²) in [6.45, 7) is 2.55. The number of likely N-dealkylation sites (tertiary alicyclic amines) is 1. The van der Waals surface area contributed by atoms with E-state index in [1.165, 1.54) is 6.07 Å². The number of benzene rings is 1. The van der Waals surface area contributed by atoms with Gasteiger partial charge in [-0.25, -0.2) is 4.39 Å². The lowest BCUT2D eigenvalue weighted by atomic mass is 9.96. The minimum atomic E-state index is -0.237. The van der Waals surface area contributed by atoms with Crippen LogP contribution in [-0.2, 0) is 4.74 Å². The highest BCUT2D eigenvalue weighted by molar-refractivity contribution is 9.10. The van der Waals surface area contributed by atoms with E-state index in [2.05, 4.69) is 20.8 Å². The molecule has 3 nitrogen and oxygen atoms in total. The summed E-state index contributed by atoms with van der Waals surface area (Å²) in [4.78, 5) is 2.36. The number of nitrogens with two attached hydrogens (primary N) is 1. The standard InChI is InChI=1S/C15H22BrFN2O/c1-20-9-8-19-7-3-2-4-14(18)15(19)11-5-6-13(17)12(16)10-11/h5-6,10,14-15H,2-4,7-9,18H2,1H3. The summed E-state index contributed by atoms with van der Waals surface area (Å²) < 4.78 is 19.1. The van der Waals surface area contributed by atoms with Gasteiger partial charge in [0.05, 0.1) is 17.1 Å². The van der Waals surface area contributed by atoms with E-state index in [-0.39, 0.29) is 17.9 Å². The molecule has 0 saturated carbocycles. The van der Waals surface area contributed by atoms with Crippen LogP contribution in [0.4, 0.5) is 4.39 Å². The minimum absolute atomic E-state index is 0.0757. The fourth-order valence-electron chi connectivity index (χ4n) is 2.88. The predicted octanol–water partition coefficient (Wildman–Crippen LogP) is 3.09. The smallest absolute Gasteiger partial charge is 0.137 e. The average Bonchev–Trinajstić information content (AvgIpc) is 2.61. The summed E-state index contributed by atoms with van der Waals surface area (Å²) >= 11 is 3.27. The largest absolute Gasteiger partial charge is 0.383 e. The van der Waals surface area contributed by atoms with Gasteiger partial charge in [-0.1, -0.05) is 12.5 Å². The zero-order valence-electron chi connectivity index (χ0n) is 11.8. The Morgan fingerprint density at radius 2 is 2.25 bits per heavy atom. The number of methoxy groups -OCH3 is 1. The van der Waals surface area contributed by atoms with E-state index in [1.807, 2.05) is 12.1 Å². The van der Waals surface area contributed by atoms with Crippen molar-refractivity contribution in [2.24, 2.45) is 5.73 Å². The van der Waals surface area contributed by atoms with Crippen LogP contribution in [0, 0.1) is 5.82 Å². The first-order valence-corrected chi connectivity index (χ1v) is 7.86. The normalized spacial score (nSPS) is 24.6. The first-order valence-electron chi connectivity index (χ1n) is 7.07. The van der Waals surface area contributed by atoms with E-state index in [0.29, 0.717) is 11.1 Å². The van der Waals surface area contributed by atoms with Crippen molar-refractivity contribution < 1.29 is 9.13 Å². The number of rotatable bonds is 4. The van der Waals surface area contributed by atoms with E-state index in [1.54, 1.807) is 7.11 Å². The predicted molar refractivity (Wildman–Crippen MR) is 82.1 cm³/mol. The topological polar surface area (TPSA) is 38.5 Å². The Balaban J connectivity index is 2.26. The SMILES string of the molecule is COCCN1CCCCC(N)C1c1ccc(F)c(Br)c1. The second-order valence-corrected chi connectivity index (χ2v) is 6.16. The van der Waals surface area contributed by atoms with Gasteiger partial charge >= 0.3 is 0 Å². The van der Waals surface area contributed by atoms with Gasteiger partial charge in [-0.15, -0.1) is 0 Å². The Kier molecular flexibility index (Phi) is 5.96. The second kappa shape index (κ2) is 7.50. The highest BCUT2D eigenvalue weighted by Crippen LogP contribution is 2.31. The molecule has 0 bridgehead atoms. The molecule has 0 spiro atoms. The van der Waals surface area contributed by atoms with Crippen LogP contribution in [0.3, 0.4) is 0 Å². The van der Waals surface area contributed by atoms with Gasteiger partial charge in [-0.2, -0.15) is 0 Å². The zero-order valence-corrected chi connectivity index (χ0v) is 13.4. The van der Waals surface area contributed by atoms with Crippen molar-refractivity contribution in [3.05, 3.63) is 34.1 Å². The molecular weight excluding hydrogens is 323 g/mol. The van der Waals surface area contributed by atoms with Gasteiger partial charge in [0.2, 0.25) is 0 Å². The Labute approximate surface area is 128 Å². The molecule has 0 aliphatic carbocycles. The maximum Gasteiger partial charge on any atom is 0.137 e. The Morgan fingerprint density at radius 3 is 2.95 bits per heavy atom. The molecule has 2 N–H and O–H groups in total. The Morgan fingerprint density at radius 1 is 1.45 bits per heavy atom. The lowest BCUT2D eigenvalue weighted by Gasteiger charge is -2.33. The molecule has 1 aliphatic rings. The second-order valence-electron chi connectivity index (χ2n) is 5.31. The molecule has 1 aromatic rings. The monoisotopic (exact) mass is 344 g/mol. The molecule has 1 aromatic carbocycles. The van der Waals surface area contributed by atoms with Crippen molar-refractivity contribution in [1.82, 2.24) is 4.90 Å². The molecule has 1 aliphatic heterocycles. The van der Waals surface area contributed by atoms with E-state index in [9.17, 15) is 4.39 Å². The summed E-state index contributed by atoms with van der Waals surface area (Å²) in [5.74, 6) is -0.237. The fraction of sp³-hybridized carbons (Fsp3) is 0.600. The zero-order chi connectivity index (χ0) is 14.5. The summed E-state index contributed by atoms with van der Waals surface area (Å²) in [5.41, 5.74) is 7.44. The van der Waals surface area contributed by atoms with Gasteiger partial charge in [-0.3, -0.25) is 4.90 Å². The van der Waals surface area contributed by atoms with Gasteiger partial charge in [0.15, 0.2) is 0 Å². The molecule has 20 heavy (non-hydrogen) atoms. The van der Waals surface area contributed by atoms with Crippen LogP contribution in [0.25, 0.3) is 0 Å². The lowest BCUT2D eigenvalue weighted by Crippen LogP contribution is -2.41. The molecule has 0 amide bonds. The summed E-state index contributed by atoms with van der Waals surface area (Å²) in [5, 5.41) is 0. The van der Waals surface area contributed by atoms with Gasteiger partial charge in [0, 0.05) is 19.7 Å². The van der Waals surface area contributed by atoms with Crippen molar-refractivity contribution in [3.8, 4) is 0 Å². The van der Waals surface area contributed by atoms with Crippen molar-refractivity contribution in [2.45, 2.75) is 31.3 Å². The van der Waals surface area contributed by atoms with E-state index < -0.39 is 0 Å². The third-order valence-electron chi connectivity index (χ3n) is 3.90. The molecule has 0 aromatic heterocycles. The molecule has 2 atom stereocenters. The van der Waals surface area contributed by atoms with Crippen LogP contribution in [0.15, 0.2) is 22.7 Å². The minimum Gasteiger partial charge on any atom is -0.383 e. The van der Waals surface area contributed by atoms with Crippen LogP contribution in [0.2, 0.25) is 0 Å². The lowest BCUT2D eigenvalue weighted by molar-refractivity contribution is 0.115. The molecule has 0 radical (unpaired) electrons. The quantitative estimate of drug-likeness (QED) is 0.911. The molecule has 2 unspecified atom stereocenters. The average molecular weight is 345 g/mol. The van der Waals surface area contributed by atoms with Crippen molar-refractivity contribution >= 4 is 15.9 Å². The molecule has 1 fully saturated rings. The summed E-state index contributed by atoms with van der Waals surface area (Å²) in [7, 11) is 1.71. The van der Waals surface area contributed by atoms with Crippen molar-refractivity contribution in [1.29, 1.82) is 0 Å². The number of hydrogen-bond acceptors (Lipinski definition) is 3. The van der Waals surface area contributed by atoms with Crippen molar-refractivity contribution in [3.63, 3.8) is 0 Å². The van der Waals surface area contributed by atoms with Crippen LogP contribution in [0.1, 0.15) is 30.9 Å². The molecule has 2 rings (SSSR count). The van der Waals surface area contributed by atoms with Gasteiger partial charge in [0.1, 0.15) is 5.82 Å². The Hall–Kier alpha value is -0.490. The van der Waals surface area contributed by atoms with Crippen LogP contribution in [-0.4, -0.2) is 37.7 Å². The van der Waals surface area contributed by atoms with E-state index in [4.69, 9.17) is 10.5 Å². The van der Waals surface area contributed by atoms with Crippen LogP contribution < -0.4 is 5.73 Å². The maximum absolute atomic E-state index is 13.4. The van der Waals surface area contributed by atoms with E-state index in [0.717, 1.165) is 37.9 Å². The number of nitrogens with zero attached hydrogens (tertiary/aromatic N) is 1. The number of halogens is 2. The number of ether oxygens (including phenoxy) is 1. The van der Waals surface area contributed by atoms with Crippen molar-refractivity contribution in [2.75, 3.05) is 26.8 Å². The summed E-state index contributed by atoms with van der Waals surface area (Å²) in [6.07, 6.45) is 3.29. The van der Waals surface area contributed by atoms with Gasteiger partial charge < -0.3 is 10.5 Å². The highest BCUT2D eigenvalue weighted by atomic mass is 79.9. The molecule has 112 valence electrons. The summed E-state index contributed by atoms with van der Waals surface area (Å²) in [6, 6.07) is 5.41. The van der Waals surface area contributed by atoms with Crippen LogP contribution >= 0.6 is 15.9 Å². The fourth-order valence-corrected chi connectivity index (χ4v) is 3.27. The van der Waals surface area contributed by atoms with E-state index >= 15 is 0 Å².